The molecule has 0 aliphatic carbocycles. The normalized spacial score (nSPS) is 10.3. The van der Waals surface area contributed by atoms with Crippen molar-refractivity contribution in [2.75, 3.05) is 0 Å². The van der Waals surface area contributed by atoms with Gasteiger partial charge in [-0.15, -0.1) is 0 Å². The molecule has 0 N–H and O–H groups in total. The first-order valence-corrected chi connectivity index (χ1v) is 5.22. The topological polar surface area (TPSA) is 77.3 Å². The van der Waals surface area contributed by atoms with E-state index in [0.717, 1.165) is 6.07 Å². The van der Waals surface area contributed by atoms with Gasteiger partial charge in [-0.1, -0.05) is 18.2 Å². The Morgan fingerprint density at radius 2 is 1.89 bits per heavy atom. The van der Waals surface area contributed by atoms with Gasteiger partial charge in [0.05, 0.1) is 10.3 Å². The molecule has 5 heteroatoms. The van der Waals surface area contributed by atoms with Gasteiger partial charge in [-0.2, -0.15) is 0 Å². The monoisotopic (exact) mass is 243 g/mol. The highest BCUT2D eigenvalue weighted by atomic mass is 16.6. The Morgan fingerprint density at radius 3 is 2.39 bits per heavy atom. The van der Waals surface area contributed by atoms with Crippen LogP contribution in [0.5, 0.6) is 0 Å². The van der Waals surface area contributed by atoms with E-state index in [1.807, 2.05) is 0 Å². The molecular formula is C13H9NO4. The summed E-state index contributed by atoms with van der Waals surface area (Å²) in [5, 5.41) is 11.8. The lowest BCUT2D eigenvalue weighted by Crippen LogP contribution is -2.02. The van der Waals surface area contributed by atoms with Crippen molar-refractivity contribution in [3.8, 4) is 0 Å². The summed E-state index contributed by atoms with van der Waals surface area (Å²) in [5.41, 5.74) is 0.108. The zero-order chi connectivity index (χ0) is 13.3. The van der Waals surface area contributed by atoms with Crippen LogP contribution < -0.4 is 0 Å². The van der Waals surface area contributed by atoms with Gasteiger partial charge in [-0.25, -0.2) is 0 Å². The minimum absolute atomic E-state index is 0.0490. The van der Waals surface area contributed by atoms with Gasteiger partial charge in [0.1, 0.15) is 0 Å². The quantitative estimate of drug-likeness (QED) is 0.359. The van der Waals surface area contributed by atoms with Crippen LogP contribution in [0.1, 0.15) is 27.6 Å². The van der Waals surface area contributed by atoms with Crippen LogP contribution in [0.2, 0.25) is 0 Å². The van der Waals surface area contributed by atoms with E-state index in [1.54, 1.807) is 24.3 Å². The number of non-ortho nitro benzene ring substituents is 1. The average Bonchev–Trinajstić information content (AvgIpc) is 2.35. The number of Topliss-reactive ketones (excluding diaryl/α,β-unsaturated/α-hetero) is 1. The summed E-state index contributed by atoms with van der Waals surface area (Å²) in [6, 6.07) is 7.64. The Kier molecular flexibility index (Phi) is 2.89. The van der Waals surface area contributed by atoms with Crippen LogP contribution in [-0.2, 0) is 0 Å². The summed E-state index contributed by atoms with van der Waals surface area (Å²) in [6.07, 6.45) is 0.468. The first-order chi connectivity index (χ1) is 8.56. The van der Waals surface area contributed by atoms with E-state index >= 15 is 0 Å². The molecule has 90 valence electrons. The van der Waals surface area contributed by atoms with Gasteiger partial charge in [0, 0.05) is 22.6 Å². The van der Waals surface area contributed by atoms with Crippen molar-refractivity contribution in [2.24, 2.45) is 0 Å². The van der Waals surface area contributed by atoms with Crippen molar-refractivity contribution in [2.45, 2.75) is 6.92 Å². The minimum Gasteiger partial charge on any atom is -0.298 e. The molecule has 2 rings (SSSR count). The fraction of sp³-hybridized carbons (Fsp3) is 0.0769. The second kappa shape index (κ2) is 4.37. The summed E-state index contributed by atoms with van der Waals surface area (Å²) in [6.45, 7) is 1.33. The third kappa shape index (κ3) is 1.75. The number of aldehydes is 1. The van der Waals surface area contributed by atoms with Crippen LogP contribution in [-0.4, -0.2) is 17.0 Å². The Hall–Kier alpha value is -2.56. The molecule has 0 aliphatic heterocycles. The molecule has 0 aromatic heterocycles. The number of hydrogen-bond donors (Lipinski definition) is 0. The molecule has 0 amide bonds. The molecule has 0 atom stereocenters. The third-order valence-electron chi connectivity index (χ3n) is 2.73. The molecule has 0 bridgehead atoms. The van der Waals surface area contributed by atoms with Crippen LogP contribution in [0.15, 0.2) is 30.3 Å². The molecule has 0 saturated carbocycles. The van der Waals surface area contributed by atoms with Crippen LogP contribution in [0, 0.1) is 10.1 Å². The molecule has 0 fully saturated rings. The van der Waals surface area contributed by atoms with E-state index in [9.17, 15) is 19.7 Å². The maximum atomic E-state index is 11.6. The smallest absolute Gasteiger partial charge is 0.277 e. The molecule has 0 radical (unpaired) electrons. The summed E-state index contributed by atoms with van der Waals surface area (Å²) < 4.78 is 0. The fourth-order valence-electron chi connectivity index (χ4n) is 2.01. The standard InChI is InChI=1S/C13H9NO4/c1-8(16)13-9(7-15)6-12(14(17)18)10-4-2-3-5-11(10)13/h2-7H,1H3. The van der Waals surface area contributed by atoms with Gasteiger partial charge in [-0.05, 0) is 13.0 Å². The Bertz CT molecular complexity index is 676. The van der Waals surface area contributed by atoms with Gasteiger partial charge < -0.3 is 0 Å². The van der Waals surface area contributed by atoms with Crippen molar-refractivity contribution >= 4 is 28.5 Å². The number of carbonyl (C=O) groups excluding carboxylic acids is 2. The summed E-state index contributed by atoms with van der Waals surface area (Å²) in [7, 11) is 0. The second-order valence-electron chi connectivity index (χ2n) is 3.84. The largest absolute Gasteiger partial charge is 0.298 e. The van der Waals surface area contributed by atoms with Crippen molar-refractivity contribution < 1.29 is 14.5 Å². The molecular weight excluding hydrogens is 234 g/mol. The third-order valence-corrected chi connectivity index (χ3v) is 2.73. The number of ketones is 1. The molecule has 0 heterocycles. The highest BCUT2D eigenvalue weighted by Gasteiger charge is 2.20. The van der Waals surface area contributed by atoms with Gasteiger partial charge in [0.15, 0.2) is 12.1 Å². The van der Waals surface area contributed by atoms with Crippen molar-refractivity contribution in [1.82, 2.24) is 0 Å². The number of rotatable bonds is 3. The first-order valence-electron chi connectivity index (χ1n) is 5.22. The number of hydrogen-bond acceptors (Lipinski definition) is 4. The SMILES string of the molecule is CC(=O)c1c(C=O)cc([N+](=O)[O-])c2ccccc12. The molecule has 0 unspecified atom stereocenters. The van der Waals surface area contributed by atoms with E-state index < -0.39 is 4.92 Å². The van der Waals surface area contributed by atoms with Crippen LogP contribution in [0.4, 0.5) is 5.69 Å². The lowest BCUT2D eigenvalue weighted by Gasteiger charge is -2.07. The summed E-state index contributed by atoms with van der Waals surface area (Å²) >= 11 is 0. The Labute approximate surface area is 102 Å². The molecule has 0 aliphatic rings. The lowest BCUT2D eigenvalue weighted by molar-refractivity contribution is -0.383. The number of benzene rings is 2. The molecule has 2 aromatic rings. The highest BCUT2D eigenvalue weighted by molar-refractivity contribution is 6.14. The molecule has 0 spiro atoms. The van der Waals surface area contributed by atoms with Crippen LogP contribution in [0.25, 0.3) is 10.8 Å². The highest BCUT2D eigenvalue weighted by Crippen LogP contribution is 2.30. The number of nitro groups is 1. The van der Waals surface area contributed by atoms with Crippen molar-refractivity contribution in [3.63, 3.8) is 0 Å². The zero-order valence-electron chi connectivity index (χ0n) is 9.54. The van der Waals surface area contributed by atoms with E-state index in [0.29, 0.717) is 17.1 Å². The zero-order valence-corrected chi connectivity index (χ0v) is 9.54. The number of nitro benzene ring substituents is 1. The van der Waals surface area contributed by atoms with E-state index in [1.165, 1.54) is 6.92 Å². The molecule has 0 saturated heterocycles. The molecule has 5 nitrogen and oxygen atoms in total. The predicted molar refractivity (Wildman–Crippen MR) is 66.0 cm³/mol. The maximum Gasteiger partial charge on any atom is 0.277 e. The van der Waals surface area contributed by atoms with Gasteiger partial charge >= 0.3 is 0 Å². The van der Waals surface area contributed by atoms with E-state index in [2.05, 4.69) is 0 Å². The van der Waals surface area contributed by atoms with Crippen LogP contribution in [0.3, 0.4) is 0 Å². The van der Waals surface area contributed by atoms with Crippen molar-refractivity contribution in [3.05, 3.63) is 51.6 Å². The number of fused-ring (bicyclic) bond motifs is 1. The molecule has 2 aromatic carbocycles. The minimum atomic E-state index is -0.556. The Morgan fingerprint density at radius 1 is 1.28 bits per heavy atom. The van der Waals surface area contributed by atoms with E-state index in [4.69, 9.17) is 0 Å². The summed E-state index contributed by atoms with van der Waals surface area (Å²) in [4.78, 5) is 33.0. The van der Waals surface area contributed by atoms with Crippen molar-refractivity contribution in [1.29, 1.82) is 0 Å². The van der Waals surface area contributed by atoms with Gasteiger partial charge in [-0.3, -0.25) is 19.7 Å². The van der Waals surface area contributed by atoms with E-state index in [-0.39, 0.29) is 22.6 Å². The number of carbonyl (C=O) groups is 2. The first kappa shape index (κ1) is 11.9. The number of nitrogens with zero attached hydrogens (tertiary/aromatic N) is 1. The summed E-state index contributed by atoms with van der Waals surface area (Å²) in [5.74, 6) is -0.289. The Balaban J connectivity index is 3.01. The van der Waals surface area contributed by atoms with Crippen LogP contribution >= 0.6 is 0 Å². The van der Waals surface area contributed by atoms with Gasteiger partial charge in [0.2, 0.25) is 0 Å². The second-order valence-corrected chi connectivity index (χ2v) is 3.84. The average molecular weight is 243 g/mol. The fourth-order valence-corrected chi connectivity index (χ4v) is 2.01. The maximum absolute atomic E-state index is 11.6. The van der Waals surface area contributed by atoms with Gasteiger partial charge in [0.25, 0.3) is 5.69 Å². The lowest BCUT2D eigenvalue weighted by atomic mass is 9.95. The predicted octanol–water partition coefficient (Wildman–Crippen LogP) is 2.76. The molecule has 18 heavy (non-hydrogen) atoms.